The Morgan fingerprint density at radius 2 is 1.38 bits per heavy atom. The molecule has 3 aromatic heterocycles. The van der Waals surface area contributed by atoms with E-state index in [1.165, 1.54) is 27.3 Å². The number of nitrogens with zero attached hydrogens (tertiary/aromatic N) is 3. The smallest absolute Gasteiger partial charge is 0.121 e. The predicted octanol–water partition coefficient (Wildman–Crippen LogP) is 18.0. The monoisotopic (exact) mass is 1130 g/mol. The van der Waals surface area contributed by atoms with Crippen molar-refractivity contribution >= 4 is 67.8 Å². The van der Waals surface area contributed by atoms with E-state index < -0.39 is 25.8 Å². The molecule has 0 aliphatic rings. The Morgan fingerprint density at radius 3 is 2.01 bits per heavy atom. The van der Waals surface area contributed by atoms with Crippen molar-refractivity contribution in [2.24, 2.45) is 5.41 Å². The van der Waals surface area contributed by atoms with Crippen LogP contribution in [-0.4, -0.2) is 22.6 Å². The Morgan fingerprint density at radius 1 is 0.718 bits per heavy atom. The molecular formula is C65H71IrN3OSi-2. The number of rotatable bonds is 8. The van der Waals surface area contributed by atoms with Crippen LogP contribution in [0.15, 0.2) is 132 Å². The predicted molar refractivity (Wildman–Crippen MR) is 303 cm³/mol. The van der Waals surface area contributed by atoms with E-state index in [2.05, 4.69) is 175 Å². The molecular weight excluding hydrogens is 1060 g/mol. The quantitative estimate of drug-likeness (QED) is 0.0865. The van der Waals surface area contributed by atoms with Gasteiger partial charge in [-0.05, 0) is 102 Å². The maximum absolute atomic E-state index is 9.53. The molecule has 0 unspecified atom stereocenters. The summed E-state index contributed by atoms with van der Waals surface area (Å²) >= 11 is 0. The van der Waals surface area contributed by atoms with E-state index in [4.69, 9.17) is 10.8 Å². The average molecular weight is 1130 g/mol. The SMILES string of the molecule is [2H]C(C)(C)c1cc(-c2[c-]cccc2)ncc1[Si](C)(C)C.[2H]C([2H])(c1c[c-]c(-c2nc3ccccc3n2-c2c(C(C)C)cc(C(C)(C)C)cc2C(C)C)c2oc3cc4c(ccc5ccccc54)cc3c12)C(C)(C)C.[Ir]. The molecule has 4 nitrogen and oxygen atoms in total. The van der Waals surface area contributed by atoms with Crippen molar-refractivity contribution in [2.75, 3.05) is 0 Å². The number of fused-ring (bicyclic) bond motifs is 7. The van der Waals surface area contributed by atoms with E-state index in [0.717, 1.165) is 77.4 Å². The van der Waals surface area contributed by atoms with Crippen LogP contribution in [-0.2, 0) is 31.9 Å². The molecule has 3 heterocycles. The summed E-state index contributed by atoms with van der Waals surface area (Å²) in [5, 5.41) is 7.47. The number of aromatic nitrogens is 3. The van der Waals surface area contributed by atoms with Crippen molar-refractivity contribution in [1.82, 2.24) is 14.5 Å². The van der Waals surface area contributed by atoms with Crippen LogP contribution >= 0.6 is 0 Å². The van der Waals surface area contributed by atoms with Gasteiger partial charge < -0.3 is 14.0 Å². The third kappa shape index (κ3) is 10.2. The third-order valence-electron chi connectivity index (χ3n) is 13.4. The summed E-state index contributed by atoms with van der Waals surface area (Å²) in [7, 11) is -1.50. The van der Waals surface area contributed by atoms with Crippen LogP contribution in [0.25, 0.3) is 82.8 Å². The summed E-state index contributed by atoms with van der Waals surface area (Å²) in [5.41, 5.74) is 11.8. The van der Waals surface area contributed by atoms with Gasteiger partial charge in [-0.25, -0.2) is 0 Å². The number of imidazole rings is 1. The molecule has 6 heteroatoms. The second kappa shape index (κ2) is 19.7. The summed E-state index contributed by atoms with van der Waals surface area (Å²) in [6.07, 6.45) is 0.294. The van der Waals surface area contributed by atoms with Crippen molar-refractivity contribution in [3.05, 3.63) is 167 Å². The number of pyridine rings is 1. The first-order valence-electron chi connectivity index (χ1n) is 26.5. The van der Waals surface area contributed by atoms with Crippen molar-refractivity contribution in [2.45, 2.75) is 132 Å². The molecule has 71 heavy (non-hydrogen) atoms. The van der Waals surface area contributed by atoms with Crippen molar-refractivity contribution in [3.8, 4) is 28.3 Å². The molecule has 0 atom stereocenters. The number of hydrogen-bond acceptors (Lipinski definition) is 3. The molecule has 7 aromatic carbocycles. The van der Waals surface area contributed by atoms with Gasteiger partial charge in [-0.2, -0.15) is 0 Å². The van der Waals surface area contributed by atoms with Gasteiger partial charge in [0.05, 0.1) is 30.5 Å². The van der Waals surface area contributed by atoms with Gasteiger partial charge in [0, 0.05) is 41.5 Å². The minimum atomic E-state index is -1.69. The molecule has 0 spiro atoms. The Kier molecular flexibility index (Phi) is 13.3. The molecule has 0 N–H and O–H groups in total. The van der Waals surface area contributed by atoms with Crippen LogP contribution in [0.5, 0.6) is 0 Å². The third-order valence-corrected chi connectivity index (χ3v) is 15.5. The van der Waals surface area contributed by atoms with Gasteiger partial charge in [0.2, 0.25) is 0 Å². The molecule has 0 aliphatic carbocycles. The number of furan rings is 1. The fraction of sp³-hybridized carbons (Fsp3) is 0.323. The Balaban J connectivity index is 0.000000292. The van der Waals surface area contributed by atoms with E-state index in [1.54, 1.807) is 0 Å². The van der Waals surface area contributed by atoms with Crippen LogP contribution in [0, 0.1) is 17.5 Å². The van der Waals surface area contributed by atoms with E-state index in [1.807, 2.05) is 77.2 Å². The Bertz CT molecular complexity index is 3680. The molecule has 0 fully saturated rings. The molecule has 0 aliphatic heterocycles. The molecule has 0 saturated carbocycles. The van der Waals surface area contributed by atoms with E-state index in [-0.39, 0.29) is 37.4 Å². The van der Waals surface area contributed by atoms with Gasteiger partial charge in [-0.15, -0.1) is 53.6 Å². The fourth-order valence-corrected chi connectivity index (χ4v) is 11.4. The van der Waals surface area contributed by atoms with Gasteiger partial charge in [0.1, 0.15) is 5.58 Å². The minimum absolute atomic E-state index is 0. The van der Waals surface area contributed by atoms with Gasteiger partial charge in [-0.3, -0.25) is 4.98 Å². The van der Waals surface area contributed by atoms with Crippen LogP contribution in [0.3, 0.4) is 0 Å². The van der Waals surface area contributed by atoms with E-state index >= 15 is 0 Å². The zero-order chi connectivity index (χ0) is 52.7. The number of hydrogen-bond donors (Lipinski definition) is 0. The second-order valence-corrected chi connectivity index (χ2v) is 28.1. The summed E-state index contributed by atoms with van der Waals surface area (Å²) in [4.78, 5) is 9.98. The zero-order valence-corrected chi connectivity index (χ0v) is 47.8. The first-order chi connectivity index (χ1) is 34.2. The average Bonchev–Trinajstić information content (AvgIpc) is 3.90. The largest absolute Gasteiger partial charge is 0.501 e. The normalized spacial score (nSPS) is 13.5. The topological polar surface area (TPSA) is 43.9 Å². The van der Waals surface area contributed by atoms with Crippen molar-refractivity contribution in [1.29, 1.82) is 0 Å². The summed E-state index contributed by atoms with van der Waals surface area (Å²) in [6, 6.07) is 48.8. The summed E-state index contributed by atoms with van der Waals surface area (Å²) in [5.74, 6) is 0.623. The molecule has 10 aromatic rings. The maximum atomic E-state index is 9.53. The Labute approximate surface area is 441 Å². The van der Waals surface area contributed by atoms with E-state index in [9.17, 15) is 2.74 Å². The number of benzene rings is 7. The van der Waals surface area contributed by atoms with E-state index in [0.29, 0.717) is 11.1 Å². The van der Waals surface area contributed by atoms with Crippen LogP contribution < -0.4 is 5.19 Å². The summed E-state index contributed by atoms with van der Waals surface area (Å²) in [6.45, 7) is 32.6. The standard InChI is InChI=1S/C48H49N2O.C17H22NSi.Ir/c1-28(2)36-24-33(48(8,9)10)25-37(29(3)4)44(36)50-41-18-14-13-17-40(41)49-46(50)35-22-21-32(27-47(5,6)7)43-39-23-31-20-19-30-15-11-12-16-34(30)38(31)26-42(39)51-45(35)43;1-13(2)15-11-16(14-9-7-6-8-10-14)18-12-17(15)19(3,4)5;/h11-21,23-26,28-29H,27H2,1-10H3;6-9,11-13H,1-5H3;/q2*-1;/i27D2;13D;. The molecule has 367 valence electrons. The van der Waals surface area contributed by atoms with Gasteiger partial charge in [0.15, 0.2) is 0 Å². The molecule has 0 bridgehead atoms. The number of para-hydroxylation sites is 2. The van der Waals surface area contributed by atoms with Crippen LogP contribution in [0.1, 0.15) is 133 Å². The van der Waals surface area contributed by atoms with Gasteiger partial charge >= 0.3 is 0 Å². The Hall–Kier alpha value is -5.65. The minimum Gasteiger partial charge on any atom is -0.501 e. The zero-order valence-electron chi connectivity index (χ0n) is 47.4. The first-order valence-corrected chi connectivity index (χ1v) is 28.5. The maximum Gasteiger partial charge on any atom is 0.121 e. The fourth-order valence-electron chi connectivity index (χ4n) is 9.83. The summed E-state index contributed by atoms with van der Waals surface area (Å²) < 4.78 is 36.8. The van der Waals surface area contributed by atoms with Crippen LogP contribution in [0.2, 0.25) is 19.6 Å². The molecule has 0 saturated heterocycles. The molecule has 1 radical (unpaired) electrons. The van der Waals surface area contributed by atoms with Crippen molar-refractivity contribution in [3.63, 3.8) is 0 Å². The molecule has 10 rings (SSSR count). The van der Waals surface area contributed by atoms with Gasteiger partial charge in [-0.1, -0.05) is 192 Å². The van der Waals surface area contributed by atoms with Crippen molar-refractivity contribution < 1.29 is 28.6 Å². The van der Waals surface area contributed by atoms with Crippen LogP contribution in [0.4, 0.5) is 0 Å². The first kappa shape index (κ1) is 47.7. The second-order valence-electron chi connectivity index (χ2n) is 23.1. The van der Waals surface area contributed by atoms with Gasteiger partial charge in [0.25, 0.3) is 0 Å². The molecule has 0 amide bonds.